The van der Waals surface area contributed by atoms with Crippen LogP contribution in [0, 0.1) is 4.77 Å². The molecule has 0 unspecified atom stereocenters. The average Bonchev–Trinajstić information content (AvgIpc) is 2.53. The summed E-state index contributed by atoms with van der Waals surface area (Å²) in [7, 11) is 0. The molecule has 1 atom stereocenters. The highest BCUT2D eigenvalue weighted by Crippen LogP contribution is 2.09. The first-order chi connectivity index (χ1) is 11.4. The highest BCUT2D eigenvalue weighted by molar-refractivity contribution is 7.71. The zero-order valence-electron chi connectivity index (χ0n) is 13.6. The van der Waals surface area contributed by atoms with Crippen LogP contribution in [0.25, 0.3) is 10.9 Å². The van der Waals surface area contributed by atoms with Gasteiger partial charge in [-0.3, -0.25) is 19.4 Å². The Morgan fingerprint density at radius 2 is 2.04 bits per heavy atom. The van der Waals surface area contributed by atoms with Gasteiger partial charge in [0.2, 0.25) is 5.91 Å². The van der Waals surface area contributed by atoms with Crippen molar-refractivity contribution in [2.24, 2.45) is 0 Å². The van der Waals surface area contributed by atoms with E-state index < -0.39 is 0 Å². The van der Waals surface area contributed by atoms with Crippen molar-refractivity contribution in [2.45, 2.75) is 32.7 Å². The standard InChI is InChI=1S/C16H20N4O3S/c1-3-9(2)18-13(21)6-7-17-14(22)10-4-5-11-12(8-10)19-16(24)20-15(11)23/h4-5,8-9H,3,6-7H2,1-2H3,(H,17,22)(H,18,21)(H2,19,20,23,24)/t9-/m0/s1. The van der Waals surface area contributed by atoms with Crippen molar-refractivity contribution in [3.63, 3.8) is 0 Å². The van der Waals surface area contributed by atoms with Gasteiger partial charge in [-0.25, -0.2) is 0 Å². The fourth-order valence-electron chi connectivity index (χ4n) is 2.15. The van der Waals surface area contributed by atoms with Crippen LogP contribution in [0.5, 0.6) is 0 Å². The smallest absolute Gasteiger partial charge is 0.259 e. The lowest BCUT2D eigenvalue weighted by Crippen LogP contribution is -2.35. The number of fused-ring (bicyclic) bond motifs is 1. The summed E-state index contributed by atoms with van der Waals surface area (Å²) in [5, 5.41) is 5.95. The van der Waals surface area contributed by atoms with Crippen LogP contribution in [-0.2, 0) is 4.79 Å². The Kier molecular flexibility index (Phi) is 5.86. The van der Waals surface area contributed by atoms with E-state index in [-0.39, 0.29) is 41.2 Å². The molecule has 128 valence electrons. The fraction of sp³-hybridized carbons (Fsp3) is 0.375. The van der Waals surface area contributed by atoms with Gasteiger partial charge in [0.05, 0.1) is 10.9 Å². The molecular weight excluding hydrogens is 328 g/mol. The van der Waals surface area contributed by atoms with Gasteiger partial charge in [0.15, 0.2) is 4.77 Å². The number of hydrogen-bond acceptors (Lipinski definition) is 4. The van der Waals surface area contributed by atoms with E-state index in [1.54, 1.807) is 18.2 Å². The van der Waals surface area contributed by atoms with Crippen LogP contribution >= 0.6 is 12.2 Å². The van der Waals surface area contributed by atoms with E-state index in [2.05, 4.69) is 20.6 Å². The summed E-state index contributed by atoms with van der Waals surface area (Å²) in [4.78, 5) is 40.9. The summed E-state index contributed by atoms with van der Waals surface area (Å²) in [6.07, 6.45) is 1.07. The average molecular weight is 348 g/mol. The molecule has 1 aromatic carbocycles. The van der Waals surface area contributed by atoms with Gasteiger partial charge in [-0.05, 0) is 43.8 Å². The lowest BCUT2D eigenvalue weighted by Gasteiger charge is -2.11. The summed E-state index contributed by atoms with van der Waals surface area (Å²) in [5.74, 6) is -0.411. The Morgan fingerprint density at radius 3 is 2.75 bits per heavy atom. The monoisotopic (exact) mass is 348 g/mol. The molecule has 0 radical (unpaired) electrons. The molecule has 0 spiro atoms. The van der Waals surface area contributed by atoms with Crippen molar-refractivity contribution >= 4 is 34.9 Å². The third-order valence-corrected chi connectivity index (χ3v) is 3.86. The zero-order chi connectivity index (χ0) is 17.7. The van der Waals surface area contributed by atoms with Crippen molar-refractivity contribution < 1.29 is 9.59 Å². The lowest BCUT2D eigenvalue weighted by atomic mass is 10.1. The first-order valence-corrected chi connectivity index (χ1v) is 8.15. The fourth-order valence-corrected chi connectivity index (χ4v) is 2.35. The summed E-state index contributed by atoms with van der Waals surface area (Å²) in [6.45, 7) is 4.16. The van der Waals surface area contributed by atoms with Crippen LogP contribution in [0.2, 0.25) is 0 Å². The molecular formula is C16H20N4O3S. The maximum atomic E-state index is 12.1. The largest absolute Gasteiger partial charge is 0.354 e. The van der Waals surface area contributed by atoms with Crippen molar-refractivity contribution in [3.8, 4) is 0 Å². The minimum absolute atomic E-state index is 0.0984. The molecule has 1 aromatic heterocycles. The number of rotatable bonds is 6. The van der Waals surface area contributed by atoms with E-state index in [1.807, 2.05) is 13.8 Å². The maximum absolute atomic E-state index is 12.1. The Balaban J connectivity index is 2.00. The molecule has 2 amide bonds. The van der Waals surface area contributed by atoms with E-state index in [0.29, 0.717) is 16.5 Å². The van der Waals surface area contributed by atoms with Gasteiger partial charge in [-0.2, -0.15) is 0 Å². The second-order valence-corrected chi connectivity index (χ2v) is 5.96. The van der Waals surface area contributed by atoms with Gasteiger partial charge in [-0.15, -0.1) is 0 Å². The summed E-state index contributed by atoms with van der Waals surface area (Å²) < 4.78 is 0.201. The number of carbonyl (C=O) groups is 2. The van der Waals surface area contributed by atoms with Gasteiger partial charge < -0.3 is 15.6 Å². The predicted molar refractivity (Wildman–Crippen MR) is 94.6 cm³/mol. The van der Waals surface area contributed by atoms with Crippen molar-refractivity contribution in [1.82, 2.24) is 20.6 Å². The third kappa shape index (κ3) is 4.51. The van der Waals surface area contributed by atoms with Gasteiger partial charge in [-0.1, -0.05) is 6.92 Å². The predicted octanol–water partition coefficient (Wildman–Crippen LogP) is 1.62. The van der Waals surface area contributed by atoms with Crippen LogP contribution in [0.3, 0.4) is 0 Å². The normalized spacial score (nSPS) is 11.9. The molecule has 24 heavy (non-hydrogen) atoms. The number of nitrogens with one attached hydrogen (secondary N) is 4. The van der Waals surface area contributed by atoms with Gasteiger partial charge in [0.25, 0.3) is 11.5 Å². The second-order valence-electron chi connectivity index (χ2n) is 5.55. The van der Waals surface area contributed by atoms with Gasteiger partial charge in [0.1, 0.15) is 0 Å². The maximum Gasteiger partial charge on any atom is 0.259 e. The molecule has 4 N–H and O–H groups in total. The van der Waals surface area contributed by atoms with E-state index in [4.69, 9.17) is 12.2 Å². The molecule has 8 heteroatoms. The summed E-state index contributed by atoms with van der Waals surface area (Å²) in [5.41, 5.74) is 0.578. The van der Waals surface area contributed by atoms with Crippen LogP contribution in [-0.4, -0.2) is 34.4 Å². The highest BCUT2D eigenvalue weighted by atomic mass is 32.1. The number of hydrogen-bond donors (Lipinski definition) is 4. The molecule has 0 aliphatic carbocycles. The molecule has 1 heterocycles. The Labute approximate surface area is 143 Å². The molecule has 7 nitrogen and oxygen atoms in total. The van der Waals surface area contributed by atoms with Gasteiger partial charge in [0, 0.05) is 24.6 Å². The highest BCUT2D eigenvalue weighted by Gasteiger charge is 2.10. The number of benzene rings is 1. The first kappa shape index (κ1) is 17.9. The molecule has 0 saturated carbocycles. The first-order valence-electron chi connectivity index (χ1n) is 7.74. The quantitative estimate of drug-likeness (QED) is 0.595. The molecule has 2 aromatic rings. The lowest BCUT2D eigenvalue weighted by molar-refractivity contribution is -0.121. The number of aromatic nitrogens is 2. The molecule has 2 rings (SSSR count). The molecule has 0 fully saturated rings. The van der Waals surface area contributed by atoms with E-state index in [1.165, 1.54) is 0 Å². The molecule has 0 bridgehead atoms. The Morgan fingerprint density at radius 1 is 1.29 bits per heavy atom. The second kappa shape index (κ2) is 7.87. The zero-order valence-corrected chi connectivity index (χ0v) is 14.4. The molecule has 0 saturated heterocycles. The number of H-pyrrole nitrogens is 2. The van der Waals surface area contributed by atoms with Crippen LogP contribution < -0.4 is 16.2 Å². The van der Waals surface area contributed by atoms with Gasteiger partial charge >= 0.3 is 0 Å². The Bertz CT molecular complexity index is 871. The van der Waals surface area contributed by atoms with Crippen molar-refractivity contribution in [2.75, 3.05) is 6.54 Å². The summed E-state index contributed by atoms with van der Waals surface area (Å²) in [6, 6.07) is 4.80. The van der Waals surface area contributed by atoms with E-state index >= 15 is 0 Å². The Hall–Kier alpha value is -2.48. The van der Waals surface area contributed by atoms with Crippen molar-refractivity contribution in [1.29, 1.82) is 0 Å². The van der Waals surface area contributed by atoms with E-state index in [0.717, 1.165) is 6.42 Å². The molecule has 0 aliphatic heterocycles. The number of amides is 2. The minimum Gasteiger partial charge on any atom is -0.354 e. The number of carbonyl (C=O) groups excluding carboxylic acids is 2. The third-order valence-electron chi connectivity index (χ3n) is 3.66. The van der Waals surface area contributed by atoms with Crippen molar-refractivity contribution in [3.05, 3.63) is 38.9 Å². The van der Waals surface area contributed by atoms with Crippen LogP contribution in [0.4, 0.5) is 0 Å². The number of aromatic amines is 2. The SMILES string of the molecule is CC[C@H](C)NC(=O)CCNC(=O)c1ccc2c(=O)[nH]c(=S)[nH]c2c1. The minimum atomic E-state index is -0.312. The molecule has 0 aliphatic rings. The topological polar surface area (TPSA) is 107 Å². The van der Waals surface area contributed by atoms with Crippen LogP contribution in [0.1, 0.15) is 37.0 Å². The van der Waals surface area contributed by atoms with E-state index in [9.17, 15) is 14.4 Å². The van der Waals surface area contributed by atoms with Crippen LogP contribution in [0.15, 0.2) is 23.0 Å². The summed E-state index contributed by atoms with van der Waals surface area (Å²) >= 11 is 4.92.